The van der Waals surface area contributed by atoms with E-state index in [0.29, 0.717) is 18.0 Å². The van der Waals surface area contributed by atoms with Crippen LogP contribution in [0.2, 0.25) is 0 Å². The molecule has 1 aromatic carbocycles. The van der Waals surface area contributed by atoms with Gasteiger partial charge in [0.25, 0.3) is 0 Å². The molecule has 3 rings (SSSR count). The lowest BCUT2D eigenvalue weighted by Crippen LogP contribution is -2.33. The molecule has 2 aromatic rings. The highest BCUT2D eigenvalue weighted by molar-refractivity contribution is 7.89. The van der Waals surface area contributed by atoms with E-state index in [4.69, 9.17) is 9.72 Å². The number of hydrogen-bond donors (Lipinski definition) is 2. The third-order valence-corrected chi connectivity index (χ3v) is 8.35. The first-order valence-electron chi connectivity index (χ1n) is 11.9. The number of ether oxygens (including phenoxy) is 1. The van der Waals surface area contributed by atoms with Gasteiger partial charge in [0.05, 0.1) is 22.4 Å². The van der Waals surface area contributed by atoms with Crippen molar-refractivity contribution in [2.75, 3.05) is 26.4 Å². The van der Waals surface area contributed by atoms with Crippen molar-refractivity contribution < 1.29 is 13.2 Å². The largest absolute Gasteiger partial charge is 0.489 e. The first-order valence-corrected chi connectivity index (χ1v) is 14.4. The van der Waals surface area contributed by atoms with Gasteiger partial charge in [0, 0.05) is 25.8 Å². The maximum absolute atomic E-state index is 12.5. The molecule has 0 fully saturated rings. The minimum absolute atomic E-state index is 0.0287. The molecule has 1 aliphatic rings. The maximum atomic E-state index is 12.5. The Kier molecular flexibility index (Phi) is 9.40. The summed E-state index contributed by atoms with van der Waals surface area (Å²) in [6.07, 6.45) is 6.31. The van der Waals surface area contributed by atoms with Crippen molar-refractivity contribution in [3.63, 3.8) is 0 Å². The van der Waals surface area contributed by atoms with Crippen LogP contribution in [0.5, 0.6) is 0 Å². The lowest BCUT2D eigenvalue weighted by atomic mass is 10.0. The van der Waals surface area contributed by atoms with Crippen LogP contribution in [0.3, 0.4) is 0 Å². The number of hydrogen-bond acceptors (Lipinski definition) is 7. The topological polar surface area (TPSA) is 92.7 Å². The predicted molar refractivity (Wildman–Crippen MR) is 146 cm³/mol. The number of nitrogens with one attached hydrogen (secondary N) is 2. The molecule has 0 bridgehead atoms. The van der Waals surface area contributed by atoms with Gasteiger partial charge in [-0.05, 0) is 68.5 Å². The average Bonchev–Trinajstić information content (AvgIpc) is 3.45. The number of fused-ring (bicyclic) bond motifs is 1. The number of thiazole rings is 1. The highest BCUT2D eigenvalue weighted by Gasteiger charge is 2.28. The lowest BCUT2D eigenvalue weighted by molar-refractivity contribution is 0.165. The third kappa shape index (κ3) is 6.88. The van der Waals surface area contributed by atoms with Crippen LogP contribution >= 0.6 is 11.3 Å². The Balaban J connectivity index is 1.86. The molecule has 9 heteroatoms. The van der Waals surface area contributed by atoms with E-state index < -0.39 is 10.0 Å². The molecule has 2 N–H and O–H groups in total. The first-order chi connectivity index (χ1) is 16.7. The molecule has 7 nitrogen and oxygen atoms in total. The molecule has 1 atom stereocenters. The van der Waals surface area contributed by atoms with Gasteiger partial charge in [0.2, 0.25) is 10.0 Å². The smallest absolute Gasteiger partial charge is 0.213 e. The van der Waals surface area contributed by atoms with Crippen LogP contribution in [0.1, 0.15) is 55.8 Å². The zero-order valence-electron chi connectivity index (χ0n) is 21.2. The van der Waals surface area contributed by atoms with E-state index in [1.165, 1.54) is 5.56 Å². The SMILES string of the molecule is C=C(OC(C)C)C(/C=C(\CC)c1ncc(-c2cccc3c2CCC3NS(=O)(=O)CCNC)s1)=NC. The van der Waals surface area contributed by atoms with Crippen molar-refractivity contribution in [1.29, 1.82) is 0 Å². The van der Waals surface area contributed by atoms with Crippen LogP contribution in [0.4, 0.5) is 0 Å². The fraction of sp³-hybridized carbons (Fsp3) is 0.462. The van der Waals surface area contributed by atoms with Gasteiger partial charge in [0.1, 0.15) is 10.8 Å². The van der Waals surface area contributed by atoms with Crippen LogP contribution in [0, 0.1) is 0 Å². The van der Waals surface area contributed by atoms with Gasteiger partial charge in [-0.25, -0.2) is 18.1 Å². The summed E-state index contributed by atoms with van der Waals surface area (Å²) in [5.74, 6) is 0.617. The first kappa shape index (κ1) is 27.3. The quantitative estimate of drug-likeness (QED) is 0.314. The molecule has 1 unspecified atom stereocenters. The van der Waals surface area contributed by atoms with Crippen molar-refractivity contribution in [1.82, 2.24) is 15.0 Å². The predicted octanol–water partition coefficient (Wildman–Crippen LogP) is 4.74. The molecular formula is C26H36N4O3S2. The normalized spacial score (nSPS) is 16.6. The number of aromatic nitrogens is 1. The van der Waals surface area contributed by atoms with Crippen molar-refractivity contribution in [3.05, 3.63) is 58.9 Å². The Bertz CT molecular complexity index is 1210. The third-order valence-electron chi connectivity index (χ3n) is 5.86. The molecule has 1 heterocycles. The summed E-state index contributed by atoms with van der Waals surface area (Å²) < 4.78 is 33.5. The van der Waals surface area contributed by atoms with Gasteiger partial charge in [-0.1, -0.05) is 31.7 Å². The van der Waals surface area contributed by atoms with Gasteiger partial charge >= 0.3 is 0 Å². The molecule has 0 amide bonds. The van der Waals surface area contributed by atoms with Gasteiger partial charge in [-0.2, -0.15) is 0 Å². The molecule has 1 aromatic heterocycles. The molecule has 0 saturated carbocycles. The average molecular weight is 517 g/mol. The Morgan fingerprint density at radius 1 is 1.40 bits per heavy atom. The van der Waals surface area contributed by atoms with Gasteiger partial charge in [0.15, 0.2) is 0 Å². The summed E-state index contributed by atoms with van der Waals surface area (Å²) in [4.78, 5) is 10.1. The minimum Gasteiger partial charge on any atom is -0.489 e. The molecule has 190 valence electrons. The number of sulfonamides is 1. The number of nitrogens with zero attached hydrogens (tertiary/aromatic N) is 2. The number of benzene rings is 1. The summed E-state index contributed by atoms with van der Waals surface area (Å²) in [5.41, 5.74) is 5.15. The van der Waals surface area contributed by atoms with E-state index in [1.807, 2.05) is 38.3 Å². The highest BCUT2D eigenvalue weighted by atomic mass is 32.2. The lowest BCUT2D eigenvalue weighted by Gasteiger charge is -2.15. The highest BCUT2D eigenvalue weighted by Crippen LogP contribution is 2.40. The molecule has 0 aliphatic heterocycles. The van der Waals surface area contributed by atoms with Crippen LogP contribution in [-0.2, 0) is 21.2 Å². The number of rotatable bonds is 12. The molecule has 0 radical (unpaired) electrons. The van der Waals surface area contributed by atoms with Gasteiger partial charge in [-0.3, -0.25) is 4.99 Å². The summed E-state index contributed by atoms with van der Waals surface area (Å²) in [5, 5.41) is 3.83. The molecular weight excluding hydrogens is 480 g/mol. The van der Waals surface area contributed by atoms with Crippen molar-refractivity contribution in [2.45, 2.75) is 52.2 Å². The second kappa shape index (κ2) is 12.1. The van der Waals surface area contributed by atoms with Crippen LogP contribution in [-0.4, -0.2) is 51.6 Å². The molecule has 35 heavy (non-hydrogen) atoms. The van der Waals surface area contributed by atoms with E-state index in [0.717, 1.165) is 45.8 Å². The Morgan fingerprint density at radius 3 is 2.83 bits per heavy atom. The van der Waals surface area contributed by atoms with E-state index in [-0.39, 0.29) is 17.9 Å². The molecule has 0 saturated heterocycles. The maximum Gasteiger partial charge on any atom is 0.213 e. The second-order valence-electron chi connectivity index (χ2n) is 8.76. The molecule has 0 spiro atoms. The van der Waals surface area contributed by atoms with E-state index >= 15 is 0 Å². The van der Waals surface area contributed by atoms with Crippen molar-refractivity contribution in [2.24, 2.45) is 4.99 Å². The van der Waals surface area contributed by atoms with E-state index in [2.05, 4.69) is 34.6 Å². The zero-order valence-corrected chi connectivity index (χ0v) is 22.9. The standard InChI is InChI=1S/C26H36N4O3S2/c1-7-19(15-24(28-6)18(4)33-17(2)3)26-29-16-25(34-26)22-10-8-9-21-20(22)11-12-23(21)30-35(31,32)14-13-27-5/h8-10,15-17,23,27,30H,4,7,11-14H2,1-3,5-6H3/b19-15+,28-24?. The molecule has 1 aliphatic carbocycles. The monoisotopic (exact) mass is 516 g/mol. The fourth-order valence-corrected chi connectivity index (χ4v) is 6.49. The fourth-order valence-electron chi connectivity index (χ4n) is 4.16. The minimum atomic E-state index is -3.35. The zero-order chi connectivity index (χ0) is 25.6. The van der Waals surface area contributed by atoms with Crippen LogP contribution in [0.15, 0.2) is 47.8 Å². The van der Waals surface area contributed by atoms with Gasteiger partial charge in [-0.15, -0.1) is 11.3 Å². The van der Waals surface area contributed by atoms with Crippen molar-refractivity contribution >= 4 is 32.6 Å². The summed E-state index contributed by atoms with van der Waals surface area (Å²) >= 11 is 1.64. The van der Waals surface area contributed by atoms with Gasteiger partial charge < -0.3 is 10.1 Å². The number of allylic oxidation sites excluding steroid dienone is 2. The van der Waals surface area contributed by atoms with E-state index in [9.17, 15) is 8.42 Å². The van der Waals surface area contributed by atoms with E-state index in [1.54, 1.807) is 25.4 Å². The summed E-state index contributed by atoms with van der Waals surface area (Å²) in [7, 11) is 0.140. The Hall–Kier alpha value is -2.33. The van der Waals surface area contributed by atoms with Crippen LogP contribution < -0.4 is 10.0 Å². The number of aliphatic imine (C=N–C) groups is 1. The second-order valence-corrected chi connectivity index (χ2v) is 11.7. The van der Waals surface area contributed by atoms with Crippen molar-refractivity contribution in [3.8, 4) is 10.4 Å². The summed E-state index contributed by atoms with van der Waals surface area (Å²) in [6.45, 7) is 10.5. The Morgan fingerprint density at radius 2 is 2.17 bits per heavy atom. The Labute approximate surface area is 213 Å². The van der Waals surface area contributed by atoms with Crippen LogP contribution in [0.25, 0.3) is 16.0 Å². The summed E-state index contributed by atoms with van der Waals surface area (Å²) in [6, 6.07) is 5.93.